The lowest BCUT2D eigenvalue weighted by atomic mass is 9.95. The van der Waals surface area contributed by atoms with E-state index >= 15 is 0 Å². The van der Waals surface area contributed by atoms with Crippen molar-refractivity contribution in [2.75, 3.05) is 11.9 Å². The van der Waals surface area contributed by atoms with E-state index in [1.165, 1.54) is 17.5 Å². The third-order valence-corrected chi connectivity index (χ3v) is 8.15. The monoisotopic (exact) mass is 523 g/mol. The quantitative estimate of drug-likeness (QED) is 0.210. The van der Waals surface area contributed by atoms with Gasteiger partial charge in [-0.2, -0.15) is 5.10 Å². The first-order valence-corrected chi connectivity index (χ1v) is 13.5. The number of anilines is 1. The molecular weight excluding hydrogens is 498 g/mol. The summed E-state index contributed by atoms with van der Waals surface area (Å²) in [5.41, 5.74) is 2.33. The van der Waals surface area contributed by atoms with Gasteiger partial charge < -0.3 is 15.0 Å². The van der Waals surface area contributed by atoms with Crippen LogP contribution >= 0.6 is 23.1 Å². The van der Waals surface area contributed by atoms with Gasteiger partial charge >= 0.3 is 5.97 Å². The lowest BCUT2D eigenvalue weighted by Gasteiger charge is -2.13. The average Bonchev–Trinajstić information content (AvgIpc) is 3.46. The topological polar surface area (TPSA) is 119 Å². The molecule has 0 fully saturated rings. The highest BCUT2D eigenvalue weighted by atomic mass is 32.2. The summed E-state index contributed by atoms with van der Waals surface area (Å²) in [6.45, 7) is 3.77. The lowest BCUT2D eigenvalue weighted by molar-refractivity contribution is -0.115. The van der Waals surface area contributed by atoms with Crippen molar-refractivity contribution in [3.05, 3.63) is 62.9 Å². The van der Waals surface area contributed by atoms with Gasteiger partial charge in [-0.1, -0.05) is 30.0 Å². The van der Waals surface area contributed by atoms with Gasteiger partial charge in [0.05, 0.1) is 29.3 Å². The number of amides is 1. The predicted octanol–water partition coefficient (Wildman–Crippen LogP) is 4.35. The van der Waals surface area contributed by atoms with Crippen molar-refractivity contribution in [2.45, 2.75) is 49.9 Å². The molecule has 11 heteroatoms. The van der Waals surface area contributed by atoms with Crippen LogP contribution in [0.5, 0.6) is 0 Å². The van der Waals surface area contributed by atoms with Crippen LogP contribution in [0.15, 0.2) is 46.5 Å². The van der Waals surface area contributed by atoms with Crippen LogP contribution in [-0.4, -0.2) is 43.5 Å². The van der Waals surface area contributed by atoms with Gasteiger partial charge in [0.25, 0.3) is 5.56 Å². The number of aromatic amines is 1. The van der Waals surface area contributed by atoms with Gasteiger partial charge in [0, 0.05) is 4.88 Å². The van der Waals surface area contributed by atoms with E-state index in [-0.39, 0.29) is 18.1 Å². The second kappa shape index (κ2) is 10.3. The highest BCUT2D eigenvalue weighted by molar-refractivity contribution is 8.00. The molecule has 0 aliphatic heterocycles. The highest BCUT2D eigenvalue weighted by Crippen LogP contribution is 2.39. The number of thioether (sulfide) groups is 1. The molecule has 0 bridgehead atoms. The number of carbonyl (C=O) groups excluding carboxylic acids is 2. The minimum Gasteiger partial charge on any atom is -0.462 e. The standard InChI is InChI=1S/C25H25N5O4S2/c1-3-34-24(33)19-16-11-7-8-12-18(16)36-23(19)28-21(31)14(2)35-25-27-20-17(22(32)29-25)13-26-30(20)15-9-5-4-6-10-15/h4-6,9-10,13-14H,3,7-8,11-12H2,1-2H3,(H,28,31)(H,27,29,32)/t14-/m1/s1. The molecule has 1 amide bonds. The number of H-pyrrole nitrogens is 1. The van der Waals surface area contributed by atoms with Crippen LogP contribution in [0.1, 0.15) is 47.5 Å². The molecule has 3 heterocycles. The van der Waals surface area contributed by atoms with Gasteiger partial charge in [-0.3, -0.25) is 9.59 Å². The van der Waals surface area contributed by atoms with Crippen LogP contribution in [0.25, 0.3) is 16.7 Å². The Morgan fingerprint density at radius 3 is 2.81 bits per heavy atom. The summed E-state index contributed by atoms with van der Waals surface area (Å²) < 4.78 is 6.88. The van der Waals surface area contributed by atoms with Crippen LogP contribution in [0.4, 0.5) is 5.00 Å². The first-order chi connectivity index (χ1) is 17.5. The van der Waals surface area contributed by atoms with Crippen molar-refractivity contribution >= 4 is 51.0 Å². The fourth-order valence-corrected chi connectivity index (χ4v) is 6.29. The predicted molar refractivity (Wildman–Crippen MR) is 140 cm³/mol. The van der Waals surface area contributed by atoms with E-state index in [2.05, 4.69) is 20.4 Å². The lowest BCUT2D eigenvalue weighted by Crippen LogP contribution is -2.24. The molecule has 1 aliphatic rings. The molecule has 186 valence electrons. The fourth-order valence-electron chi connectivity index (χ4n) is 4.22. The Morgan fingerprint density at radius 2 is 2.03 bits per heavy atom. The second-order valence-corrected chi connectivity index (χ2v) is 10.8. The molecule has 36 heavy (non-hydrogen) atoms. The number of benzene rings is 1. The van der Waals surface area contributed by atoms with E-state index < -0.39 is 11.2 Å². The van der Waals surface area contributed by atoms with Crippen molar-refractivity contribution in [2.24, 2.45) is 0 Å². The molecule has 4 aromatic rings. The number of aryl methyl sites for hydroxylation is 1. The zero-order valence-electron chi connectivity index (χ0n) is 19.9. The molecule has 0 saturated heterocycles. The average molecular weight is 524 g/mol. The van der Waals surface area contributed by atoms with E-state index in [4.69, 9.17) is 4.74 Å². The number of esters is 1. The van der Waals surface area contributed by atoms with E-state index in [1.54, 1.807) is 18.5 Å². The molecule has 1 aliphatic carbocycles. The minimum absolute atomic E-state index is 0.268. The number of rotatable bonds is 7. The van der Waals surface area contributed by atoms with Gasteiger partial charge in [0.15, 0.2) is 10.8 Å². The van der Waals surface area contributed by atoms with Crippen molar-refractivity contribution < 1.29 is 14.3 Å². The van der Waals surface area contributed by atoms with Crippen LogP contribution in [0.2, 0.25) is 0 Å². The number of carbonyl (C=O) groups is 2. The maximum absolute atomic E-state index is 13.1. The molecular formula is C25H25N5O4S2. The van der Waals surface area contributed by atoms with Crippen molar-refractivity contribution in [3.63, 3.8) is 0 Å². The van der Waals surface area contributed by atoms with Gasteiger partial charge in [0.1, 0.15) is 10.4 Å². The molecule has 1 aromatic carbocycles. The Bertz CT molecular complexity index is 1490. The van der Waals surface area contributed by atoms with Crippen molar-refractivity contribution in [1.29, 1.82) is 0 Å². The SMILES string of the molecule is CCOC(=O)c1c(NC(=O)[C@@H](C)Sc2nc3c(cnn3-c3ccccc3)c(=O)[nH]2)sc2c1CCCC2. The van der Waals surface area contributed by atoms with E-state index in [0.717, 1.165) is 53.6 Å². The van der Waals surface area contributed by atoms with Gasteiger partial charge in [-0.05, 0) is 57.2 Å². The molecule has 0 saturated carbocycles. The number of hydrogen-bond donors (Lipinski definition) is 2. The number of nitrogens with zero attached hydrogens (tertiary/aromatic N) is 3. The molecule has 2 N–H and O–H groups in total. The van der Waals surface area contributed by atoms with Crippen LogP contribution in [0.3, 0.4) is 0 Å². The normalized spacial score (nSPS) is 13.8. The molecule has 3 aromatic heterocycles. The Labute approximate surface area is 215 Å². The minimum atomic E-state index is -0.590. The summed E-state index contributed by atoms with van der Waals surface area (Å²) >= 11 is 2.58. The number of thiophene rings is 1. The van der Waals surface area contributed by atoms with Gasteiger partial charge in [-0.25, -0.2) is 14.5 Å². The summed E-state index contributed by atoms with van der Waals surface area (Å²) in [5, 5.41) is 7.85. The summed E-state index contributed by atoms with van der Waals surface area (Å²) in [6.07, 6.45) is 5.26. The van der Waals surface area contributed by atoms with Crippen molar-refractivity contribution in [3.8, 4) is 5.69 Å². The smallest absolute Gasteiger partial charge is 0.341 e. The van der Waals surface area contributed by atoms with Crippen molar-refractivity contribution in [1.82, 2.24) is 19.7 Å². The molecule has 5 rings (SSSR count). The van der Waals surface area contributed by atoms with E-state index in [9.17, 15) is 14.4 Å². The Kier molecular flexibility index (Phi) is 6.92. The summed E-state index contributed by atoms with van der Waals surface area (Å²) in [7, 11) is 0. The number of ether oxygens (including phenoxy) is 1. The van der Waals surface area contributed by atoms with Crippen LogP contribution in [-0.2, 0) is 22.4 Å². The number of nitrogens with one attached hydrogen (secondary N) is 2. The van der Waals surface area contributed by atoms with Gasteiger partial charge in [0.2, 0.25) is 5.91 Å². The van der Waals surface area contributed by atoms with E-state index in [1.807, 2.05) is 30.3 Å². The zero-order chi connectivity index (χ0) is 25.2. The third kappa shape index (κ3) is 4.68. The Balaban J connectivity index is 1.39. The second-order valence-electron chi connectivity index (χ2n) is 8.39. The Morgan fingerprint density at radius 1 is 1.25 bits per heavy atom. The number of hydrogen-bond acceptors (Lipinski definition) is 8. The molecule has 9 nitrogen and oxygen atoms in total. The summed E-state index contributed by atoms with van der Waals surface area (Å²) in [6, 6.07) is 9.41. The summed E-state index contributed by atoms with van der Waals surface area (Å²) in [4.78, 5) is 47.0. The first kappa shape index (κ1) is 24.3. The maximum atomic E-state index is 13.1. The Hall–Kier alpha value is -3.44. The first-order valence-electron chi connectivity index (χ1n) is 11.8. The largest absolute Gasteiger partial charge is 0.462 e. The molecule has 0 unspecified atom stereocenters. The number of para-hydroxylation sites is 1. The zero-order valence-corrected chi connectivity index (χ0v) is 21.5. The number of aromatic nitrogens is 4. The van der Waals surface area contributed by atoms with Gasteiger partial charge in [-0.15, -0.1) is 11.3 Å². The number of fused-ring (bicyclic) bond motifs is 2. The molecule has 1 atom stereocenters. The van der Waals surface area contributed by atoms with E-state index in [0.29, 0.717) is 26.8 Å². The van der Waals surface area contributed by atoms with Crippen LogP contribution in [0, 0.1) is 0 Å². The maximum Gasteiger partial charge on any atom is 0.341 e. The fraction of sp³-hybridized carbons (Fsp3) is 0.320. The molecule has 0 radical (unpaired) electrons. The van der Waals surface area contributed by atoms with Crippen LogP contribution < -0.4 is 10.9 Å². The molecule has 0 spiro atoms. The highest BCUT2D eigenvalue weighted by Gasteiger charge is 2.28. The summed E-state index contributed by atoms with van der Waals surface area (Å²) in [5.74, 6) is -0.693. The third-order valence-electron chi connectivity index (χ3n) is 5.96.